The molecule has 0 spiro atoms. The van der Waals surface area contributed by atoms with Crippen molar-refractivity contribution in [3.8, 4) is 0 Å². The van der Waals surface area contributed by atoms with Crippen LogP contribution in [0, 0.1) is 0 Å². The summed E-state index contributed by atoms with van der Waals surface area (Å²) in [4.78, 5) is 28.0. The molecule has 1 aliphatic heterocycles. The Labute approximate surface area is 114 Å². The molecule has 20 heavy (non-hydrogen) atoms. The number of nitrogens with zero attached hydrogens (tertiary/aromatic N) is 1. The Hall–Kier alpha value is -2.34. The van der Waals surface area contributed by atoms with Gasteiger partial charge in [0.2, 0.25) is 0 Å². The molecule has 2 atom stereocenters. The number of nitrogens with one attached hydrogen (secondary N) is 1. The molecule has 2 aromatic rings. The van der Waals surface area contributed by atoms with Gasteiger partial charge in [-0.1, -0.05) is 12.1 Å². The molecule has 2 heterocycles. The third kappa shape index (κ3) is 1.94. The fraction of sp³-hybridized carbons (Fsp3) is 0.286. The number of hydrogen-bond donors (Lipinski definition) is 3. The molecular formula is C14H14N2O4. The van der Waals surface area contributed by atoms with Gasteiger partial charge in [0, 0.05) is 24.5 Å². The molecule has 1 aromatic heterocycles. The number of β-amino-alcohol motifs (C(OH)–C–C–N with tert-alkyl or cyclic N) is 1. The van der Waals surface area contributed by atoms with E-state index in [-0.39, 0.29) is 18.9 Å². The monoisotopic (exact) mass is 274 g/mol. The smallest absolute Gasteiger partial charge is 0.326 e. The maximum absolute atomic E-state index is 12.6. The number of aliphatic carboxylic acids is 1. The molecule has 3 rings (SSSR count). The lowest BCUT2D eigenvalue weighted by molar-refractivity contribution is -0.141. The molecule has 104 valence electrons. The zero-order valence-corrected chi connectivity index (χ0v) is 10.6. The van der Waals surface area contributed by atoms with Gasteiger partial charge in [-0.25, -0.2) is 4.79 Å². The third-order valence-corrected chi connectivity index (χ3v) is 3.64. The van der Waals surface area contributed by atoms with Gasteiger partial charge in [0.15, 0.2) is 0 Å². The second-order valence-corrected chi connectivity index (χ2v) is 4.95. The number of hydrogen-bond acceptors (Lipinski definition) is 3. The number of amides is 1. The number of aromatic nitrogens is 1. The number of likely N-dealkylation sites (tertiary alicyclic amines) is 1. The Morgan fingerprint density at radius 3 is 2.85 bits per heavy atom. The van der Waals surface area contributed by atoms with Crippen molar-refractivity contribution >= 4 is 22.8 Å². The first-order valence-corrected chi connectivity index (χ1v) is 6.36. The highest BCUT2D eigenvalue weighted by molar-refractivity contribution is 6.06. The highest BCUT2D eigenvalue weighted by Gasteiger charge is 2.39. The van der Waals surface area contributed by atoms with Crippen molar-refractivity contribution in [2.45, 2.75) is 18.6 Å². The second kappa shape index (κ2) is 4.64. The van der Waals surface area contributed by atoms with Gasteiger partial charge < -0.3 is 20.1 Å². The van der Waals surface area contributed by atoms with E-state index >= 15 is 0 Å². The van der Waals surface area contributed by atoms with Gasteiger partial charge in [-0.2, -0.15) is 0 Å². The van der Waals surface area contributed by atoms with Crippen LogP contribution in [0.2, 0.25) is 0 Å². The zero-order chi connectivity index (χ0) is 14.3. The average molecular weight is 274 g/mol. The van der Waals surface area contributed by atoms with E-state index < -0.39 is 18.1 Å². The van der Waals surface area contributed by atoms with Crippen molar-refractivity contribution in [1.29, 1.82) is 0 Å². The molecule has 0 bridgehead atoms. The number of aliphatic hydroxyl groups is 1. The number of carbonyl (C=O) groups excluding carboxylic acids is 1. The summed E-state index contributed by atoms with van der Waals surface area (Å²) in [6.45, 7) is 0.0485. The summed E-state index contributed by atoms with van der Waals surface area (Å²) in [5.41, 5.74) is 1.11. The maximum atomic E-state index is 12.6. The van der Waals surface area contributed by atoms with Crippen molar-refractivity contribution in [3.63, 3.8) is 0 Å². The SMILES string of the molecule is O=C(O)[C@@H]1CC(O)CN1C(=O)c1cccc2cc[nH]c12. The minimum absolute atomic E-state index is 0.0485. The predicted octanol–water partition coefficient (Wildman–Crippen LogP) is 0.828. The van der Waals surface area contributed by atoms with Gasteiger partial charge in [-0.05, 0) is 12.1 Å². The number of rotatable bonds is 2. The van der Waals surface area contributed by atoms with Gasteiger partial charge >= 0.3 is 5.97 Å². The summed E-state index contributed by atoms with van der Waals surface area (Å²) in [6.07, 6.45) is 1.01. The van der Waals surface area contributed by atoms with E-state index in [1.54, 1.807) is 18.3 Å². The Bertz CT molecular complexity index is 679. The summed E-state index contributed by atoms with van der Waals surface area (Å²) < 4.78 is 0. The predicted molar refractivity (Wildman–Crippen MR) is 71.4 cm³/mol. The lowest BCUT2D eigenvalue weighted by Crippen LogP contribution is -2.40. The average Bonchev–Trinajstić information content (AvgIpc) is 3.03. The molecule has 1 unspecified atom stereocenters. The van der Waals surface area contributed by atoms with Crippen molar-refractivity contribution in [2.75, 3.05) is 6.54 Å². The maximum Gasteiger partial charge on any atom is 0.326 e. The van der Waals surface area contributed by atoms with Crippen molar-refractivity contribution in [1.82, 2.24) is 9.88 Å². The molecule has 0 saturated carbocycles. The highest BCUT2D eigenvalue weighted by atomic mass is 16.4. The van der Waals surface area contributed by atoms with Crippen molar-refractivity contribution in [3.05, 3.63) is 36.0 Å². The Morgan fingerprint density at radius 1 is 1.30 bits per heavy atom. The first kappa shape index (κ1) is 12.7. The summed E-state index contributed by atoms with van der Waals surface area (Å²) in [7, 11) is 0. The van der Waals surface area contributed by atoms with Crippen LogP contribution in [0.5, 0.6) is 0 Å². The first-order valence-electron chi connectivity index (χ1n) is 6.36. The fourth-order valence-electron chi connectivity index (χ4n) is 2.69. The van der Waals surface area contributed by atoms with Crippen LogP contribution >= 0.6 is 0 Å². The standard InChI is InChI=1S/C14H14N2O4/c17-9-6-11(14(19)20)16(7-9)13(18)10-3-1-2-8-4-5-15-12(8)10/h1-5,9,11,15,17H,6-7H2,(H,19,20)/t9?,11-/m0/s1. The molecular weight excluding hydrogens is 260 g/mol. The van der Waals surface area contributed by atoms with Crippen LogP contribution in [0.1, 0.15) is 16.8 Å². The second-order valence-electron chi connectivity index (χ2n) is 4.95. The molecule has 1 saturated heterocycles. The normalized spacial score (nSPS) is 22.4. The number of para-hydroxylation sites is 1. The number of benzene rings is 1. The van der Waals surface area contributed by atoms with Crippen LogP contribution in [0.3, 0.4) is 0 Å². The minimum atomic E-state index is -1.09. The number of carboxylic acid groups (broad SMARTS) is 1. The van der Waals surface area contributed by atoms with E-state index in [4.69, 9.17) is 5.11 Å². The van der Waals surface area contributed by atoms with Crippen LogP contribution in [0.15, 0.2) is 30.5 Å². The van der Waals surface area contributed by atoms with Crippen LogP contribution in [-0.4, -0.2) is 50.7 Å². The van der Waals surface area contributed by atoms with Gasteiger partial charge in [0.1, 0.15) is 6.04 Å². The van der Waals surface area contributed by atoms with Gasteiger partial charge in [0.05, 0.1) is 17.2 Å². The molecule has 6 nitrogen and oxygen atoms in total. The summed E-state index contributed by atoms with van der Waals surface area (Å²) in [5.74, 6) is -1.46. The molecule has 6 heteroatoms. The number of aromatic amines is 1. The van der Waals surface area contributed by atoms with Gasteiger partial charge in [-0.15, -0.1) is 0 Å². The number of fused-ring (bicyclic) bond motifs is 1. The topological polar surface area (TPSA) is 93.6 Å². The van der Waals surface area contributed by atoms with Gasteiger partial charge in [0.25, 0.3) is 5.91 Å². The fourth-order valence-corrected chi connectivity index (χ4v) is 2.69. The number of carboxylic acids is 1. The van der Waals surface area contributed by atoms with Crippen molar-refractivity contribution in [2.24, 2.45) is 0 Å². The van der Waals surface area contributed by atoms with E-state index in [1.807, 2.05) is 12.1 Å². The van der Waals surface area contributed by atoms with Crippen LogP contribution in [0.4, 0.5) is 0 Å². The largest absolute Gasteiger partial charge is 0.480 e. The Kier molecular flexibility index (Phi) is 2.94. The van der Waals surface area contributed by atoms with Crippen molar-refractivity contribution < 1.29 is 19.8 Å². The lowest BCUT2D eigenvalue weighted by atomic mass is 10.1. The van der Waals surface area contributed by atoms with Crippen LogP contribution in [0.25, 0.3) is 10.9 Å². The Morgan fingerprint density at radius 2 is 2.10 bits per heavy atom. The molecule has 3 N–H and O–H groups in total. The van der Waals surface area contributed by atoms with Crippen LogP contribution < -0.4 is 0 Å². The number of H-pyrrole nitrogens is 1. The lowest BCUT2D eigenvalue weighted by Gasteiger charge is -2.21. The molecule has 1 aliphatic rings. The quantitative estimate of drug-likeness (QED) is 0.756. The summed E-state index contributed by atoms with van der Waals surface area (Å²) in [5, 5.41) is 19.7. The van der Waals surface area contributed by atoms with E-state index in [0.717, 1.165) is 5.39 Å². The number of aliphatic hydroxyl groups excluding tert-OH is 1. The van der Waals surface area contributed by atoms with E-state index in [0.29, 0.717) is 11.1 Å². The molecule has 1 aromatic carbocycles. The third-order valence-electron chi connectivity index (χ3n) is 3.64. The summed E-state index contributed by atoms with van der Waals surface area (Å²) >= 11 is 0. The Balaban J connectivity index is 2.00. The number of carbonyl (C=O) groups is 2. The van der Waals surface area contributed by atoms with Gasteiger partial charge in [-0.3, -0.25) is 4.79 Å². The van der Waals surface area contributed by atoms with Crippen LogP contribution in [-0.2, 0) is 4.79 Å². The molecule has 0 aliphatic carbocycles. The van der Waals surface area contributed by atoms with E-state index in [2.05, 4.69) is 4.98 Å². The molecule has 1 amide bonds. The minimum Gasteiger partial charge on any atom is -0.480 e. The molecule has 1 fully saturated rings. The first-order chi connectivity index (χ1) is 9.58. The highest BCUT2D eigenvalue weighted by Crippen LogP contribution is 2.24. The zero-order valence-electron chi connectivity index (χ0n) is 10.6. The van der Waals surface area contributed by atoms with E-state index in [9.17, 15) is 14.7 Å². The van der Waals surface area contributed by atoms with E-state index in [1.165, 1.54) is 4.90 Å². The summed E-state index contributed by atoms with van der Waals surface area (Å²) in [6, 6.07) is 6.16. The molecule has 0 radical (unpaired) electrons.